The molecule has 0 amide bonds. The zero-order valence-corrected chi connectivity index (χ0v) is 8.55. The lowest BCUT2D eigenvalue weighted by atomic mass is 9.87. The van der Waals surface area contributed by atoms with Crippen LogP contribution in [0.5, 0.6) is 0 Å². The molecular formula is C11H14N2O2. The van der Waals surface area contributed by atoms with E-state index in [0.29, 0.717) is 6.54 Å². The van der Waals surface area contributed by atoms with Crippen molar-refractivity contribution in [1.82, 2.24) is 0 Å². The molecule has 2 atom stereocenters. The summed E-state index contributed by atoms with van der Waals surface area (Å²) >= 11 is 0. The van der Waals surface area contributed by atoms with Crippen molar-refractivity contribution >= 4 is 11.7 Å². The molecule has 0 fully saturated rings. The van der Waals surface area contributed by atoms with Gasteiger partial charge in [0.2, 0.25) is 0 Å². The van der Waals surface area contributed by atoms with Crippen molar-refractivity contribution in [1.29, 1.82) is 0 Å². The number of hydrogen-bond donors (Lipinski definition) is 2. The number of para-hydroxylation sites is 1. The minimum absolute atomic E-state index is 0.345. The molecule has 4 heteroatoms. The van der Waals surface area contributed by atoms with Crippen molar-refractivity contribution in [2.24, 2.45) is 5.73 Å². The summed E-state index contributed by atoms with van der Waals surface area (Å²) in [6.45, 7) is 0.577. The van der Waals surface area contributed by atoms with Gasteiger partial charge < -0.3 is 15.7 Å². The maximum atomic E-state index is 11.1. The van der Waals surface area contributed by atoms with Crippen LogP contribution in [0.1, 0.15) is 11.5 Å². The number of benzene rings is 1. The molecule has 1 aromatic carbocycles. The van der Waals surface area contributed by atoms with Crippen LogP contribution in [0.3, 0.4) is 0 Å². The van der Waals surface area contributed by atoms with Gasteiger partial charge >= 0.3 is 5.97 Å². The molecule has 0 aliphatic carbocycles. The van der Waals surface area contributed by atoms with E-state index in [-0.39, 0.29) is 6.04 Å². The summed E-state index contributed by atoms with van der Waals surface area (Å²) in [5.74, 6) is -1.43. The molecule has 0 aromatic heterocycles. The van der Waals surface area contributed by atoms with Crippen LogP contribution < -0.4 is 10.6 Å². The Kier molecular flexibility index (Phi) is 2.36. The van der Waals surface area contributed by atoms with Gasteiger partial charge in [-0.25, -0.2) is 0 Å². The van der Waals surface area contributed by atoms with Gasteiger partial charge in [-0.1, -0.05) is 18.2 Å². The Morgan fingerprint density at radius 1 is 1.53 bits per heavy atom. The van der Waals surface area contributed by atoms with Crippen LogP contribution in [0.15, 0.2) is 24.3 Å². The number of hydrogen-bond acceptors (Lipinski definition) is 3. The highest BCUT2D eigenvalue weighted by Gasteiger charge is 2.34. The van der Waals surface area contributed by atoms with Crippen molar-refractivity contribution in [2.45, 2.75) is 12.0 Å². The average molecular weight is 206 g/mol. The maximum Gasteiger partial charge on any atom is 0.312 e. The Morgan fingerprint density at radius 3 is 2.87 bits per heavy atom. The number of rotatable bonds is 1. The predicted molar refractivity (Wildman–Crippen MR) is 58.1 cm³/mol. The number of carboxylic acids is 1. The molecule has 0 radical (unpaired) electrons. The second-order valence-electron chi connectivity index (χ2n) is 3.92. The molecule has 2 rings (SSSR count). The van der Waals surface area contributed by atoms with E-state index in [2.05, 4.69) is 0 Å². The van der Waals surface area contributed by atoms with Crippen LogP contribution in [0.4, 0.5) is 5.69 Å². The van der Waals surface area contributed by atoms with Crippen LogP contribution in [-0.4, -0.2) is 30.7 Å². The number of nitrogens with two attached hydrogens (primary N) is 1. The van der Waals surface area contributed by atoms with Gasteiger partial charge in [-0.05, 0) is 11.6 Å². The minimum Gasteiger partial charge on any atom is -0.481 e. The van der Waals surface area contributed by atoms with E-state index in [9.17, 15) is 4.79 Å². The van der Waals surface area contributed by atoms with E-state index in [1.165, 1.54) is 0 Å². The highest BCUT2D eigenvalue weighted by atomic mass is 16.4. The summed E-state index contributed by atoms with van der Waals surface area (Å²) in [4.78, 5) is 13.1. The Bertz CT molecular complexity index is 392. The van der Waals surface area contributed by atoms with Gasteiger partial charge in [-0.2, -0.15) is 0 Å². The second kappa shape index (κ2) is 3.55. The monoisotopic (exact) mass is 206 g/mol. The number of aliphatic carboxylic acids is 1. The fraction of sp³-hybridized carbons (Fsp3) is 0.364. The molecule has 1 aromatic rings. The SMILES string of the molecule is CN1CC(N)C(C(=O)O)c2ccccc21. The molecule has 0 bridgehead atoms. The fourth-order valence-corrected chi connectivity index (χ4v) is 2.16. The van der Waals surface area contributed by atoms with E-state index in [1.807, 2.05) is 36.2 Å². The number of nitrogens with zero attached hydrogens (tertiary/aromatic N) is 1. The van der Waals surface area contributed by atoms with Gasteiger partial charge in [0.05, 0.1) is 0 Å². The van der Waals surface area contributed by atoms with E-state index >= 15 is 0 Å². The zero-order chi connectivity index (χ0) is 11.0. The average Bonchev–Trinajstić information content (AvgIpc) is 2.17. The second-order valence-corrected chi connectivity index (χ2v) is 3.92. The molecule has 1 heterocycles. The molecule has 1 aliphatic rings. The topological polar surface area (TPSA) is 66.6 Å². The van der Waals surface area contributed by atoms with E-state index in [1.54, 1.807) is 0 Å². The number of likely N-dealkylation sites (N-methyl/N-ethyl adjacent to an activating group) is 1. The van der Waals surface area contributed by atoms with Crippen molar-refractivity contribution in [3.63, 3.8) is 0 Å². The summed E-state index contributed by atoms with van der Waals surface area (Å²) in [5.41, 5.74) is 7.64. The first kappa shape index (κ1) is 9.98. The van der Waals surface area contributed by atoms with Gasteiger partial charge in [0.25, 0.3) is 0 Å². The Balaban J connectivity index is 2.51. The van der Waals surface area contributed by atoms with Crippen LogP contribution in [0, 0.1) is 0 Å². The molecule has 3 N–H and O–H groups in total. The highest BCUT2D eigenvalue weighted by molar-refractivity contribution is 5.81. The van der Waals surface area contributed by atoms with Gasteiger partial charge in [-0.3, -0.25) is 4.79 Å². The minimum atomic E-state index is -0.844. The molecule has 2 unspecified atom stereocenters. The summed E-state index contributed by atoms with van der Waals surface area (Å²) in [5, 5.41) is 9.14. The zero-order valence-electron chi connectivity index (χ0n) is 8.55. The van der Waals surface area contributed by atoms with Gasteiger partial charge in [-0.15, -0.1) is 0 Å². The van der Waals surface area contributed by atoms with Gasteiger partial charge in [0.15, 0.2) is 0 Å². The standard InChI is InChI=1S/C11H14N2O2/c1-13-6-8(12)10(11(14)15)7-4-2-3-5-9(7)13/h2-5,8,10H,6,12H2,1H3,(H,14,15). The van der Waals surface area contributed by atoms with Crippen LogP contribution in [-0.2, 0) is 4.79 Å². The number of carbonyl (C=O) groups is 1. The predicted octanol–water partition coefficient (Wildman–Crippen LogP) is 0.632. The molecular weight excluding hydrogens is 192 g/mol. The normalized spacial score (nSPS) is 24.8. The first-order valence-corrected chi connectivity index (χ1v) is 4.89. The summed E-state index contributed by atoms with van der Waals surface area (Å²) in [7, 11) is 1.93. The third-order valence-electron chi connectivity index (χ3n) is 2.86. The third-order valence-corrected chi connectivity index (χ3v) is 2.86. The summed E-state index contributed by atoms with van der Waals surface area (Å²) in [6, 6.07) is 7.18. The lowest BCUT2D eigenvalue weighted by Gasteiger charge is -2.35. The fourth-order valence-electron chi connectivity index (χ4n) is 2.16. The van der Waals surface area contributed by atoms with Crippen molar-refractivity contribution < 1.29 is 9.90 Å². The van der Waals surface area contributed by atoms with E-state index in [0.717, 1.165) is 11.3 Å². The molecule has 0 spiro atoms. The molecule has 1 aliphatic heterocycles. The molecule has 4 nitrogen and oxygen atoms in total. The quantitative estimate of drug-likeness (QED) is 0.707. The van der Waals surface area contributed by atoms with Gasteiger partial charge in [0, 0.05) is 25.3 Å². The third kappa shape index (κ3) is 1.57. The number of fused-ring (bicyclic) bond motifs is 1. The van der Waals surface area contributed by atoms with Crippen molar-refractivity contribution in [3.05, 3.63) is 29.8 Å². The van der Waals surface area contributed by atoms with E-state index in [4.69, 9.17) is 10.8 Å². The summed E-state index contributed by atoms with van der Waals surface area (Å²) < 4.78 is 0. The smallest absolute Gasteiger partial charge is 0.312 e. The largest absolute Gasteiger partial charge is 0.481 e. The lowest BCUT2D eigenvalue weighted by molar-refractivity contribution is -0.139. The van der Waals surface area contributed by atoms with E-state index < -0.39 is 11.9 Å². The molecule has 0 saturated heterocycles. The molecule has 0 saturated carbocycles. The lowest BCUT2D eigenvalue weighted by Crippen LogP contribution is -2.46. The van der Waals surface area contributed by atoms with Crippen molar-refractivity contribution in [3.8, 4) is 0 Å². The highest BCUT2D eigenvalue weighted by Crippen LogP contribution is 2.33. The molecule has 80 valence electrons. The van der Waals surface area contributed by atoms with Crippen LogP contribution >= 0.6 is 0 Å². The maximum absolute atomic E-state index is 11.1. The summed E-state index contributed by atoms with van der Waals surface area (Å²) in [6.07, 6.45) is 0. The van der Waals surface area contributed by atoms with Gasteiger partial charge in [0.1, 0.15) is 5.92 Å². The Morgan fingerprint density at radius 2 is 2.20 bits per heavy atom. The number of carboxylic acid groups (broad SMARTS) is 1. The Hall–Kier alpha value is -1.55. The molecule has 15 heavy (non-hydrogen) atoms. The Labute approximate surface area is 88.3 Å². The number of anilines is 1. The van der Waals surface area contributed by atoms with Crippen LogP contribution in [0.25, 0.3) is 0 Å². The first-order chi connectivity index (χ1) is 7.11. The van der Waals surface area contributed by atoms with Crippen LogP contribution in [0.2, 0.25) is 0 Å². The first-order valence-electron chi connectivity index (χ1n) is 4.89. The van der Waals surface area contributed by atoms with Crippen molar-refractivity contribution in [2.75, 3.05) is 18.5 Å².